The van der Waals surface area contributed by atoms with Crippen molar-refractivity contribution >= 4 is 38.8 Å². The quantitative estimate of drug-likeness (QED) is 0.180. The van der Waals surface area contributed by atoms with Crippen molar-refractivity contribution in [1.29, 1.82) is 0 Å². The zero-order chi connectivity index (χ0) is 21.4. The van der Waals surface area contributed by atoms with Gasteiger partial charge in [0.05, 0.1) is 5.52 Å². The van der Waals surface area contributed by atoms with E-state index < -0.39 is 0 Å². The summed E-state index contributed by atoms with van der Waals surface area (Å²) in [5.41, 5.74) is 11.0. The summed E-state index contributed by atoms with van der Waals surface area (Å²) in [5, 5.41) is 10.8. The number of rotatable bonds is 4. The molecule has 2 heterocycles. The average Bonchev–Trinajstić information content (AvgIpc) is 3.32. The summed E-state index contributed by atoms with van der Waals surface area (Å²) in [7, 11) is 1.63. The molecule has 0 saturated carbocycles. The molecule has 0 unspecified atom stereocenters. The highest BCUT2D eigenvalue weighted by Crippen LogP contribution is 2.37. The lowest BCUT2D eigenvalue weighted by atomic mass is 9.94. The van der Waals surface area contributed by atoms with Crippen molar-refractivity contribution in [1.82, 2.24) is 10.1 Å². The Morgan fingerprint density at radius 2 is 1.74 bits per heavy atom. The molecular weight excluding hydrogens is 402 g/mol. The number of hydrazone groups is 1. The fourth-order valence-electron chi connectivity index (χ4n) is 3.85. The lowest BCUT2D eigenvalue weighted by Crippen LogP contribution is -2.26. The maximum absolute atomic E-state index is 6.14. The summed E-state index contributed by atoms with van der Waals surface area (Å²) in [5.74, 6) is 5.92. The highest BCUT2D eigenvalue weighted by molar-refractivity contribution is 7.13. The first-order valence-electron chi connectivity index (χ1n) is 9.90. The van der Waals surface area contributed by atoms with Crippen LogP contribution in [0.4, 0.5) is 0 Å². The van der Waals surface area contributed by atoms with Gasteiger partial charge in [-0.15, -0.1) is 16.4 Å². The van der Waals surface area contributed by atoms with Gasteiger partial charge in [0.25, 0.3) is 0 Å². The molecule has 0 spiro atoms. The van der Waals surface area contributed by atoms with E-state index in [1.165, 1.54) is 26.3 Å². The van der Waals surface area contributed by atoms with E-state index in [0.717, 1.165) is 22.0 Å². The third kappa shape index (κ3) is 3.63. The Morgan fingerprint density at radius 3 is 2.55 bits per heavy atom. The van der Waals surface area contributed by atoms with Crippen LogP contribution in [-0.2, 0) is 0 Å². The second-order valence-corrected chi connectivity index (χ2v) is 8.30. The molecule has 0 atom stereocenters. The summed E-state index contributed by atoms with van der Waals surface area (Å²) in [6.45, 7) is 0. The number of hydrogen-bond acceptors (Lipinski definition) is 5. The summed E-state index contributed by atoms with van der Waals surface area (Å²) in [6.07, 6.45) is 0. The summed E-state index contributed by atoms with van der Waals surface area (Å²) in [6, 6.07) is 27.3. The second-order valence-electron chi connectivity index (χ2n) is 7.35. The van der Waals surface area contributed by atoms with Crippen LogP contribution in [0, 0.1) is 0 Å². The number of nitrogens with two attached hydrogens (primary N) is 2. The summed E-state index contributed by atoms with van der Waals surface area (Å²) in [4.78, 5) is 6.12. The molecule has 5 rings (SSSR count). The first kappa shape index (κ1) is 19.2. The van der Waals surface area contributed by atoms with Crippen molar-refractivity contribution < 1.29 is 0 Å². The van der Waals surface area contributed by atoms with Gasteiger partial charge < -0.3 is 5.73 Å². The van der Waals surface area contributed by atoms with E-state index in [4.69, 9.17) is 16.6 Å². The Balaban J connectivity index is 1.83. The molecule has 6 heteroatoms. The van der Waals surface area contributed by atoms with E-state index in [9.17, 15) is 0 Å². The van der Waals surface area contributed by atoms with Crippen LogP contribution in [0.25, 0.3) is 43.2 Å². The van der Waals surface area contributed by atoms with E-state index in [0.29, 0.717) is 5.69 Å². The Bertz CT molecular complexity index is 1420. The molecular formula is C25H21N5S. The molecule has 4 N–H and O–H groups in total. The molecule has 0 amide bonds. The number of hydrazine groups is 1. The van der Waals surface area contributed by atoms with Gasteiger partial charge >= 0.3 is 0 Å². The minimum atomic E-state index is 0.276. The Kier molecular flexibility index (Phi) is 4.86. The molecule has 5 aromatic rings. The molecule has 31 heavy (non-hydrogen) atoms. The number of aromatic nitrogens is 1. The molecule has 3 aromatic carbocycles. The summed E-state index contributed by atoms with van der Waals surface area (Å²) < 4.78 is 0. The van der Waals surface area contributed by atoms with Crippen LogP contribution in [0.5, 0.6) is 0 Å². The number of pyridine rings is 1. The predicted molar refractivity (Wildman–Crippen MR) is 131 cm³/mol. The van der Waals surface area contributed by atoms with Gasteiger partial charge in [-0.1, -0.05) is 54.6 Å². The van der Waals surface area contributed by atoms with Crippen LogP contribution in [0.15, 0.2) is 89.3 Å². The Hall–Kier alpha value is -3.74. The first-order valence-corrected chi connectivity index (χ1v) is 10.8. The number of thiophene rings is 1. The standard InChI is InChI=1S/C25H21N5S/c1-30(27)29-25(26)22-12-11-17-14-18(23-10-5-13-31-23)15-21(24(17)28-22)20-9-4-7-16-6-2-3-8-19(16)20/h2-15H,27H2,1H3,(H2,26,29). The van der Waals surface area contributed by atoms with Crippen molar-refractivity contribution in [2.45, 2.75) is 0 Å². The zero-order valence-corrected chi connectivity index (χ0v) is 17.8. The molecule has 0 aliphatic rings. The predicted octanol–water partition coefficient (Wildman–Crippen LogP) is 5.21. The smallest absolute Gasteiger partial charge is 0.171 e. The fraction of sp³-hybridized carbons (Fsp3) is 0.0400. The number of fused-ring (bicyclic) bond motifs is 2. The van der Waals surface area contributed by atoms with Crippen molar-refractivity contribution in [3.8, 4) is 21.6 Å². The number of hydrogen-bond donors (Lipinski definition) is 2. The zero-order valence-electron chi connectivity index (χ0n) is 17.0. The van der Waals surface area contributed by atoms with Gasteiger partial charge in [0.15, 0.2) is 5.84 Å². The van der Waals surface area contributed by atoms with Gasteiger partial charge in [-0.25, -0.2) is 15.9 Å². The van der Waals surface area contributed by atoms with Gasteiger partial charge in [-0.2, -0.15) is 0 Å². The van der Waals surface area contributed by atoms with Gasteiger partial charge in [-0.05, 0) is 51.5 Å². The van der Waals surface area contributed by atoms with E-state index in [-0.39, 0.29) is 5.84 Å². The first-order chi connectivity index (χ1) is 15.1. The topological polar surface area (TPSA) is 80.5 Å². The van der Waals surface area contributed by atoms with Crippen LogP contribution in [0.3, 0.4) is 0 Å². The number of benzene rings is 3. The van der Waals surface area contributed by atoms with E-state index in [1.807, 2.05) is 12.1 Å². The highest BCUT2D eigenvalue weighted by atomic mass is 32.1. The van der Waals surface area contributed by atoms with Crippen LogP contribution in [0.2, 0.25) is 0 Å². The molecule has 0 saturated heterocycles. The van der Waals surface area contributed by atoms with Gasteiger partial charge in [0.1, 0.15) is 5.69 Å². The lowest BCUT2D eigenvalue weighted by Gasteiger charge is -2.13. The van der Waals surface area contributed by atoms with Gasteiger partial charge in [-0.3, -0.25) is 0 Å². The number of nitrogens with zero attached hydrogens (tertiary/aromatic N) is 3. The SMILES string of the molecule is CN(N)/N=C(\N)c1ccc2cc(-c3cccs3)cc(-c3cccc4ccccc34)c2n1. The van der Waals surface area contributed by atoms with E-state index in [1.54, 1.807) is 18.4 Å². The molecule has 152 valence electrons. The summed E-state index contributed by atoms with van der Waals surface area (Å²) >= 11 is 1.73. The third-order valence-electron chi connectivity index (χ3n) is 5.21. The molecule has 2 aromatic heterocycles. The fourth-order valence-corrected chi connectivity index (χ4v) is 4.56. The maximum Gasteiger partial charge on any atom is 0.171 e. The largest absolute Gasteiger partial charge is 0.380 e. The van der Waals surface area contributed by atoms with Gasteiger partial charge in [0, 0.05) is 22.9 Å². The maximum atomic E-state index is 6.14. The van der Waals surface area contributed by atoms with Crippen molar-refractivity contribution in [2.75, 3.05) is 7.05 Å². The molecule has 0 aliphatic carbocycles. The third-order valence-corrected chi connectivity index (χ3v) is 6.12. The lowest BCUT2D eigenvalue weighted by molar-refractivity contribution is 0.371. The van der Waals surface area contributed by atoms with Crippen LogP contribution >= 0.6 is 11.3 Å². The second kappa shape index (κ2) is 7.83. The minimum Gasteiger partial charge on any atom is -0.380 e. The van der Waals surface area contributed by atoms with E-state index >= 15 is 0 Å². The molecule has 0 fully saturated rings. The monoisotopic (exact) mass is 423 g/mol. The Morgan fingerprint density at radius 1 is 0.903 bits per heavy atom. The number of amidine groups is 1. The molecule has 0 aliphatic heterocycles. The molecule has 0 radical (unpaired) electrons. The van der Waals surface area contributed by atoms with Crippen molar-refractivity contribution in [2.24, 2.45) is 16.7 Å². The van der Waals surface area contributed by atoms with Crippen molar-refractivity contribution in [3.05, 3.63) is 89.9 Å². The highest BCUT2D eigenvalue weighted by Gasteiger charge is 2.14. The minimum absolute atomic E-state index is 0.276. The van der Waals surface area contributed by atoms with Crippen LogP contribution < -0.4 is 11.6 Å². The average molecular weight is 424 g/mol. The molecule has 5 nitrogen and oxygen atoms in total. The molecule has 0 bridgehead atoms. The van der Waals surface area contributed by atoms with Gasteiger partial charge in [0.2, 0.25) is 0 Å². The van der Waals surface area contributed by atoms with Crippen LogP contribution in [-0.4, -0.2) is 23.0 Å². The normalized spacial score (nSPS) is 11.9. The van der Waals surface area contributed by atoms with Crippen LogP contribution in [0.1, 0.15) is 5.69 Å². The van der Waals surface area contributed by atoms with Crippen molar-refractivity contribution in [3.63, 3.8) is 0 Å². The van der Waals surface area contributed by atoms with E-state index in [2.05, 4.69) is 77.2 Å². The Labute approximate surface area is 184 Å².